The maximum atomic E-state index is 13.7. The van der Waals surface area contributed by atoms with E-state index in [0.717, 1.165) is 11.3 Å². The zero-order valence-electron chi connectivity index (χ0n) is 16.3. The molecule has 4 heterocycles. The average molecular weight is 497 g/mol. The van der Waals surface area contributed by atoms with E-state index in [4.69, 9.17) is 0 Å². The highest BCUT2D eigenvalue weighted by Crippen LogP contribution is 2.38. The van der Waals surface area contributed by atoms with Gasteiger partial charge >= 0.3 is 6.18 Å². The van der Waals surface area contributed by atoms with Crippen molar-refractivity contribution in [2.75, 3.05) is 36.0 Å². The Morgan fingerprint density at radius 2 is 1.87 bits per heavy atom. The third-order valence-corrected chi connectivity index (χ3v) is 9.50. The largest absolute Gasteiger partial charge is 0.445 e. The van der Waals surface area contributed by atoms with Crippen LogP contribution >= 0.6 is 22.7 Å². The first-order valence-corrected chi connectivity index (χ1v) is 13.3. The van der Waals surface area contributed by atoms with Crippen molar-refractivity contribution in [2.24, 2.45) is 5.92 Å². The van der Waals surface area contributed by atoms with Gasteiger partial charge in [0.25, 0.3) is 0 Å². The summed E-state index contributed by atoms with van der Waals surface area (Å²) in [5.41, 5.74) is 0. The summed E-state index contributed by atoms with van der Waals surface area (Å²) in [5, 5.41) is 5.61. The summed E-state index contributed by atoms with van der Waals surface area (Å²) in [7, 11) is -2.13. The van der Waals surface area contributed by atoms with Gasteiger partial charge in [-0.15, -0.1) is 21.5 Å². The van der Waals surface area contributed by atoms with E-state index < -0.39 is 31.9 Å². The summed E-state index contributed by atoms with van der Waals surface area (Å²) in [6.45, 7) is 0.749. The third-order valence-electron chi connectivity index (χ3n) is 5.54. The van der Waals surface area contributed by atoms with Crippen LogP contribution in [-0.2, 0) is 20.5 Å². The van der Waals surface area contributed by atoms with Crippen LogP contribution < -0.4 is 4.90 Å². The van der Waals surface area contributed by atoms with Gasteiger partial charge in [-0.05, 0) is 40.4 Å². The number of carbonyl (C=O) groups excluding carboxylic acids is 1. The zero-order chi connectivity index (χ0) is 22.4. The van der Waals surface area contributed by atoms with E-state index in [-0.39, 0.29) is 30.0 Å². The van der Waals surface area contributed by atoms with Gasteiger partial charge in [-0.3, -0.25) is 9.00 Å². The first-order chi connectivity index (χ1) is 14.5. The molecule has 2 aromatic heterocycles. The Labute approximate surface area is 184 Å². The molecular formula is C18H20F4N4O2S3. The van der Waals surface area contributed by atoms with Crippen LogP contribution in [0.25, 0.3) is 0 Å². The number of piperazine rings is 1. The number of anilines is 1. The van der Waals surface area contributed by atoms with E-state index in [1.165, 1.54) is 6.07 Å². The van der Waals surface area contributed by atoms with Gasteiger partial charge in [0.2, 0.25) is 16.0 Å². The van der Waals surface area contributed by atoms with Gasteiger partial charge in [-0.2, -0.15) is 17.6 Å². The molecule has 1 unspecified atom stereocenters. The molecule has 0 aliphatic carbocycles. The maximum Gasteiger partial charge on any atom is 0.445 e. The third kappa shape index (κ3) is 4.87. The Morgan fingerprint density at radius 3 is 2.45 bits per heavy atom. The minimum absolute atomic E-state index is 0.0957. The molecule has 0 N–H and O–H groups in total. The summed E-state index contributed by atoms with van der Waals surface area (Å²) in [5.74, 6) is 4.14. The second kappa shape index (κ2) is 8.32. The lowest BCUT2D eigenvalue weighted by Gasteiger charge is -2.42. The molecule has 1 atom stereocenters. The monoisotopic (exact) mass is 496 g/mol. The lowest BCUT2D eigenvalue weighted by Crippen LogP contribution is -2.52. The van der Waals surface area contributed by atoms with Crippen LogP contribution in [-0.4, -0.2) is 62.2 Å². The molecule has 2 saturated heterocycles. The van der Waals surface area contributed by atoms with Gasteiger partial charge in [-0.25, -0.2) is 0 Å². The number of carbonyl (C=O) groups is 1. The Kier molecular flexibility index (Phi) is 6.03. The van der Waals surface area contributed by atoms with Crippen LogP contribution in [0.4, 0.5) is 22.7 Å². The van der Waals surface area contributed by atoms with E-state index in [2.05, 4.69) is 16.1 Å². The standard InChI is InChI=1S/C18H20F4N4O2S3/c1-31(28)8-4-11(5-9-31)15(27)26-7-6-25(10-12(26)13-2-3-14(19)29-13)17-24-23-16(30-17)18(20,21)22/h2-3,11-12H,1,4-10H2. The van der Waals surface area contributed by atoms with E-state index in [9.17, 15) is 26.6 Å². The second-order valence-corrected chi connectivity index (χ2v) is 12.4. The Hall–Kier alpha value is -1.73. The summed E-state index contributed by atoms with van der Waals surface area (Å²) in [6.07, 6.45) is -3.60. The van der Waals surface area contributed by atoms with Crippen LogP contribution in [0.5, 0.6) is 0 Å². The summed E-state index contributed by atoms with van der Waals surface area (Å²) < 4.78 is 64.6. The van der Waals surface area contributed by atoms with Crippen molar-refractivity contribution in [2.45, 2.75) is 25.1 Å². The minimum Gasteiger partial charge on any atom is -0.342 e. The molecule has 2 aromatic rings. The Bertz CT molecular complexity index is 1050. The van der Waals surface area contributed by atoms with Crippen LogP contribution in [0.15, 0.2) is 12.1 Å². The molecule has 1 amide bonds. The van der Waals surface area contributed by atoms with Crippen molar-refractivity contribution in [3.63, 3.8) is 0 Å². The van der Waals surface area contributed by atoms with Crippen molar-refractivity contribution < 1.29 is 26.6 Å². The molecular weight excluding hydrogens is 476 g/mol. The van der Waals surface area contributed by atoms with Crippen molar-refractivity contribution in [3.05, 3.63) is 27.1 Å². The molecule has 0 bridgehead atoms. The normalized spacial score (nSPS) is 27.5. The molecule has 0 saturated carbocycles. The average Bonchev–Trinajstić information content (AvgIpc) is 3.36. The number of hydrogen-bond acceptors (Lipinski definition) is 7. The van der Waals surface area contributed by atoms with Gasteiger partial charge in [0.15, 0.2) is 5.13 Å². The fraction of sp³-hybridized carbons (Fsp3) is 0.556. The van der Waals surface area contributed by atoms with E-state index in [0.29, 0.717) is 47.1 Å². The van der Waals surface area contributed by atoms with Crippen LogP contribution in [0.1, 0.15) is 28.8 Å². The van der Waals surface area contributed by atoms with Crippen LogP contribution in [0.3, 0.4) is 0 Å². The lowest BCUT2D eigenvalue weighted by atomic mass is 9.98. The van der Waals surface area contributed by atoms with Gasteiger partial charge in [0.1, 0.15) is 0 Å². The second-order valence-electron chi connectivity index (χ2n) is 7.67. The van der Waals surface area contributed by atoms with Crippen molar-refractivity contribution >= 4 is 49.1 Å². The van der Waals surface area contributed by atoms with E-state index in [1.807, 2.05) is 0 Å². The quantitative estimate of drug-likeness (QED) is 0.482. The maximum absolute atomic E-state index is 13.7. The van der Waals surface area contributed by atoms with Crippen molar-refractivity contribution in [1.82, 2.24) is 15.1 Å². The SMILES string of the molecule is C=S1(=O)CCC(C(=O)N2CCN(c3nnc(C(F)(F)F)s3)CC2c2ccc(F)s2)CC1. The molecule has 170 valence electrons. The number of aromatic nitrogens is 2. The molecule has 6 nitrogen and oxygen atoms in total. The highest BCUT2D eigenvalue weighted by molar-refractivity contribution is 8.00. The molecule has 0 radical (unpaired) electrons. The van der Waals surface area contributed by atoms with E-state index >= 15 is 0 Å². The summed E-state index contributed by atoms with van der Waals surface area (Å²) in [6, 6.07) is 2.40. The predicted molar refractivity (Wildman–Crippen MR) is 114 cm³/mol. The number of hydrogen-bond donors (Lipinski definition) is 0. The molecule has 0 spiro atoms. The highest BCUT2D eigenvalue weighted by atomic mass is 32.2. The number of thiophene rings is 1. The highest BCUT2D eigenvalue weighted by Gasteiger charge is 2.40. The summed E-state index contributed by atoms with van der Waals surface area (Å²) in [4.78, 5) is 17.2. The molecule has 13 heteroatoms. The fourth-order valence-corrected chi connectivity index (χ4v) is 7.09. The fourth-order valence-electron chi connectivity index (χ4n) is 3.87. The van der Waals surface area contributed by atoms with Gasteiger partial charge in [0.05, 0.1) is 6.04 Å². The number of rotatable bonds is 3. The number of halogens is 4. The Balaban J connectivity index is 1.56. The number of nitrogens with zero attached hydrogens (tertiary/aromatic N) is 4. The van der Waals surface area contributed by atoms with Crippen LogP contribution in [0.2, 0.25) is 0 Å². The predicted octanol–water partition coefficient (Wildman–Crippen LogP) is 3.27. The Morgan fingerprint density at radius 1 is 1.16 bits per heavy atom. The van der Waals surface area contributed by atoms with Gasteiger partial charge in [0, 0.05) is 41.9 Å². The smallest absolute Gasteiger partial charge is 0.342 e. The first kappa shape index (κ1) is 22.5. The van der Waals surface area contributed by atoms with Gasteiger partial charge < -0.3 is 9.80 Å². The number of amides is 1. The number of alkyl halides is 3. The van der Waals surface area contributed by atoms with Gasteiger partial charge in [-0.1, -0.05) is 11.3 Å². The zero-order valence-corrected chi connectivity index (χ0v) is 18.8. The topological polar surface area (TPSA) is 66.4 Å². The van der Waals surface area contributed by atoms with Crippen molar-refractivity contribution in [3.8, 4) is 0 Å². The molecule has 2 aliphatic rings. The minimum atomic E-state index is -4.57. The van der Waals surface area contributed by atoms with Crippen LogP contribution in [0, 0.1) is 11.0 Å². The lowest BCUT2D eigenvalue weighted by molar-refractivity contribution is -0.139. The first-order valence-electron chi connectivity index (χ1n) is 9.57. The molecule has 2 fully saturated rings. The van der Waals surface area contributed by atoms with E-state index in [1.54, 1.807) is 15.9 Å². The molecule has 31 heavy (non-hydrogen) atoms. The molecule has 2 aliphatic heterocycles. The van der Waals surface area contributed by atoms with Crippen molar-refractivity contribution in [1.29, 1.82) is 0 Å². The molecule has 4 rings (SSSR count). The molecule has 0 aromatic carbocycles. The summed E-state index contributed by atoms with van der Waals surface area (Å²) >= 11 is 1.36.